The van der Waals surface area contributed by atoms with Crippen LogP contribution in [0.25, 0.3) is 5.76 Å². The first-order valence-corrected chi connectivity index (χ1v) is 3.49. The van der Waals surface area contributed by atoms with Crippen molar-refractivity contribution in [3.05, 3.63) is 42.5 Å². The topological polar surface area (TPSA) is 9.23 Å². The van der Waals surface area contributed by atoms with Gasteiger partial charge in [0.15, 0.2) is 0 Å². The summed E-state index contributed by atoms with van der Waals surface area (Å²) < 4.78 is 38.8. The second-order valence-electron chi connectivity index (χ2n) is 2.34. The Morgan fingerprint density at radius 2 is 1.69 bits per heavy atom. The Morgan fingerprint density at radius 1 is 1.15 bits per heavy atom. The van der Waals surface area contributed by atoms with Crippen LogP contribution >= 0.6 is 0 Å². The molecule has 0 spiro atoms. The average molecular weight is 188 g/mol. The minimum atomic E-state index is -4.67. The van der Waals surface area contributed by atoms with Crippen LogP contribution in [0, 0.1) is 0 Å². The zero-order chi connectivity index (χ0) is 9.90. The number of hydrogen-bond donors (Lipinski definition) is 0. The molecule has 0 aromatic heterocycles. The minimum absolute atomic E-state index is 0.319. The maximum atomic E-state index is 11.7. The van der Waals surface area contributed by atoms with E-state index < -0.39 is 12.1 Å². The molecule has 0 fully saturated rings. The largest absolute Gasteiger partial charge is 0.573 e. The monoisotopic (exact) mass is 188 g/mol. The Hall–Kier alpha value is -1.45. The van der Waals surface area contributed by atoms with Crippen LogP contribution in [0.15, 0.2) is 36.9 Å². The summed E-state index contributed by atoms with van der Waals surface area (Å²) in [6.45, 7) is 3.17. The lowest BCUT2D eigenvalue weighted by atomic mass is 10.2. The Balaban J connectivity index is 2.71. The molecule has 1 aromatic carbocycles. The SMILES string of the molecule is C=C(OC(F)(F)F)c1ccccc1. The summed E-state index contributed by atoms with van der Waals surface area (Å²) in [7, 11) is 0. The van der Waals surface area contributed by atoms with Crippen LogP contribution in [-0.2, 0) is 4.74 Å². The van der Waals surface area contributed by atoms with Crippen molar-refractivity contribution >= 4 is 5.76 Å². The van der Waals surface area contributed by atoms with Crippen LogP contribution in [0.1, 0.15) is 5.56 Å². The third-order valence-corrected chi connectivity index (χ3v) is 1.33. The molecule has 0 aliphatic rings. The number of hydrogen-bond acceptors (Lipinski definition) is 1. The van der Waals surface area contributed by atoms with Gasteiger partial charge >= 0.3 is 6.36 Å². The highest BCUT2D eigenvalue weighted by atomic mass is 19.4. The van der Waals surface area contributed by atoms with Gasteiger partial charge in [-0.15, -0.1) is 13.2 Å². The lowest BCUT2D eigenvalue weighted by molar-refractivity contribution is -0.290. The molecule has 70 valence electrons. The number of rotatable bonds is 2. The van der Waals surface area contributed by atoms with Crippen LogP contribution < -0.4 is 0 Å². The van der Waals surface area contributed by atoms with E-state index in [0.717, 1.165) is 0 Å². The van der Waals surface area contributed by atoms with Crippen molar-refractivity contribution < 1.29 is 17.9 Å². The van der Waals surface area contributed by atoms with Crippen molar-refractivity contribution in [2.24, 2.45) is 0 Å². The van der Waals surface area contributed by atoms with E-state index in [4.69, 9.17) is 0 Å². The molecule has 1 aromatic rings. The fourth-order valence-corrected chi connectivity index (χ4v) is 0.823. The molecule has 0 unspecified atom stereocenters. The summed E-state index contributed by atoms with van der Waals surface area (Å²) in [5.41, 5.74) is 0.319. The zero-order valence-corrected chi connectivity index (χ0v) is 6.64. The van der Waals surface area contributed by atoms with Gasteiger partial charge in [0, 0.05) is 5.56 Å². The first kappa shape index (κ1) is 9.64. The molecule has 0 aliphatic heterocycles. The molecule has 1 nitrogen and oxygen atoms in total. The predicted molar refractivity (Wildman–Crippen MR) is 42.6 cm³/mol. The Kier molecular flexibility index (Phi) is 2.60. The molecule has 4 heteroatoms. The summed E-state index contributed by atoms with van der Waals surface area (Å²) in [5, 5.41) is 0. The molecule has 0 heterocycles. The van der Waals surface area contributed by atoms with E-state index >= 15 is 0 Å². The fraction of sp³-hybridized carbons (Fsp3) is 0.111. The van der Waals surface area contributed by atoms with E-state index in [2.05, 4.69) is 11.3 Å². The average Bonchev–Trinajstić information content (AvgIpc) is 2.03. The molecule has 1 rings (SSSR count). The molecular weight excluding hydrogens is 181 g/mol. The molecule has 13 heavy (non-hydrogen) atoms. The van der Waals surface area contributed by atoms with Crippen molar-refractivity contribution in [3.63, 3.8) is 0 Å². The maximum absolute atomic E-state index is 11.7. The van der Waals surface area contributed by atoms with Crippen molar-refractivity contribution in [2.75, 3.05) is 0 Å². The third-order valence-electron chi connectivity index (χ3n) is 1.33. The van der Waals surface area contributed by atoms with Crippen molar-refractivity contribution in [2.45, 2.75) is 6.36 Å². The molecule has 0 aliphatic carbocycles. The predicted octanol–water partition coefficient (Wildman–Crippen LogP) is 3.19. The van der Waals surface area contributed by atoms with Gasteiger partial charge in [-0.1, -0.05) is 36.9 Å². The van der Waals surface area contributed by atoms with Gasteiger partial charge in [-0.05, 0) is 0 Å². The second-order valence-corrected chi connectivity index (χ2v) is 2.34. The first-order chi connectivity index (χ1) is 5.99. The maximum Gasteiger partial charge on any atom is 0.573 e. The van der Waals surface area contributed by atoms with Crippen molar-refractivity contribution in [1.29, 1.82) is 0 Å². The number of halogens is 3. The number of benzene rings is 1. The van der Waals surface area contributed by atoms with Crippen molar-refractivity contribution in [1.82, 2.24) is 0 Å². The quantitative estimate of drug-likeness (QED) is 0.647. The van der Waals surface area contributed by atoms with Crippen LogP contribution in [0.5, 0.6) is 0 Å². The molecular formula is C9H7F3O. The molecule has 0 saturated heterocycles. The molecule has 0 N–H and O–H groups in total. The lowest BCUT2D eigenvalue weighted by Gasteiger charge is -2.10. The summed E-state index contributed by atoms with van der Waals surface area (Å²) in [4.78, 5) is 0. The van der Waals surface area contributed by atoms with Gasteiger partial charge in [0.2, 0.25) is 0 Å². The van der Waals surface area contributed by atoms with E-state index in [1.807, 2.05) is 0 Å². The number of ether oxygens (including phenoxy) is 1. The summed E-state index contributed by atoms with van der Waals surface area (Å²) >= 11 is 0. The smallest absolute Gasteiger partial charge is 0.406 e. The normalized spacial score (nSPS) is 11.0. The molecule has 0 bridgehead atoms. The van der Waals surface area contributed by atoms with Gasteiger partial charge in [0.25, 0.3) is 0 Å². The third kappa shape index (κ3) is 3.19. The molecule has 0 amide bonds. The lowest BCUT2D eigenvalue weighted by Crippen LogP contribution is -2.11. The molecule has 0 saturated carbocycles. The van der Waals surface area contributed by atoms with Gasteiger partial charge in [0.05, 0.1) is 0 Å². The van der Waals surface area contributed by atoms with Crippen LogP contribution in [0.3, 0.4) is 0 Å². The Bertz CT molecular complexity index is 289. The standard InChI is InChI=1S/C9H7F3O/c1-7(13-9(10,11)12)8-5-3-2-4-6-8/h2-6H,1H2. The Morgan fingerprint density at radius 3 is 2.15 bits per heavy atom. The van der Waals surface area contributed by atoms with Gasteiger partial charge < -0.3 is 4.74 Å². The highest BCUT2D eigenvalue weighted by Crippen LogP contribution is 2.25. The van der Waals surface area contributed by atoms with Gasteiger partial charge in [-0.25, -0.2) is 0 Å². The molecule has 0 atom stereocenters. The van der Waals surface area contributed by atoms with Crippen LogP contribution in [-0.4, -0.2) is 6.36 Å². The molecule has 0 radical (unpaired) electrons. The Labute approximate surface area is 73.4 Å². The van der Waals surface area contributed by atoms with Gasteiger partial charge in [-0.3, -0.25) is 0 Å². The number of alkyl halides is 3. The van der Waals surface area contributed by atoms with Crippen LogP contribution in [0.2, 0.25) is 0 Å². The van der Waals surface area contributed by atoms with Crippen LogP contribution in [0.4, 0.5) is 13.2 Å². The van der Waals surface area contributed by atoms with Crippen molar-refractivity contribution in [3.8, 4) is 0 Å². The van der Waals surface area contributed by atoms with E-state index in [-0.39, 0.29) is 0 Å². The minimum Gasteiger partial charge on any atom is -0.406 e. The summed E-state index contributed by atoms with van der Waals surface area (Å²) in [5.74, 6) is -0.395. The first-order valence-electron chi connectivity index (χ1n) is 3.49. The fourth-order valence-electron chi connectivity index (χ4n) is 0.823. The van der Waals surface area contributed by atoms with Gasteiger partial charge in [0.1, 0.15) is 5.76 Å². The second kappa shape index (κ2) is 3.51. The van der Waals surface area contributed by atoms with E-state index in [1.54, 1.807) is 18.2 Å². The summed E-state index contributed by atoms with van der Waals surface area (Å²) in [6.07, 6.45) is -4.67. The summed E-state index contributed by atoms with van der Waals surface area (Å²) in [6, 6.07) is 7.91. The highest BCUT2D eigenvalue weighted by Gasteiger charge is 2.31. The van der Waals surface area contributed by atoms with E-state index in [9.17, 15) is 13.2 Å². The highest BCUT2D eigenvalue weighted by molar-refractivity contribution is 5.57. The van der Waals surface area contributed by atoms with Gasteiger partial charge in [-0.2, -0.15) is 0 Å². The van der Waals surface area contributed by atoms with E-state index in [0.29, 0.717) is 5.56 Å². The zero-order valence-electron chi connectivity index (χ0n) is 6.64. The van der Waals surface area contributed by atoms with E-state index in [1.165, 1.54) is 12.1 Å².